The SMILES string of the molecule is N#Cc1nc(COc2ccccc2F)oc1NCCCN1CCOCC1. The number of rotatable bonds is 8. The summed E-state index contributed by atoms with van der Waals surface area (Å²) in [6.07, 6.45) is 0.909. The topological polar surface area (TPSA) is 83.5 Å². The van der Waals surface area contributed by atoms with Crippen molar-refractivity contribution >= 4 is 5.88 Å². The first-order valence-electron chi connectivity index (χ1n) is 8.57. The molecule has 0 amide bonds. The zero-order valence-corrected chi connectivity index (χ0v) is 14.4. The molecule has 0 atom stereocenters. The maximum Gasteiger partial charge on any atom is 0.236 e. The van der Waals surface area contributed by atoms with Crippen molar-refractivity contribution in [3.63, 3.8) is 0 Å². The van der Waals surface area contributed by atoms with Gasteiger partial charge in [-0.25, -0.2) is 4.39 Å². The molecule has 0 saturated carbocycles. The minimum absolute atomic E-state index is 0.0505. The number of nitriles is 1. The van der Waals surface area contributed by atoms with E-state index in [1.807, 2.05) is 6.07 Å². The lowest BCUT2D eigenvalue weighted by atomic mass is 10.3. The number of benzene rings is 1. The van der Waals surface area contributed by atoms with E-state index >= 15 is 0 Å². The summed E-state index contributed by atoms with van der Waals surface area (Å²) in [6, 6.07) is 8.09. The van der Waals surface area contributed by atoms with Gasteiger partial charge in [0.25, 0.3) is 0 Å². The third-order valence-electron chi connectivity index (χ3n) is 4.01. The molecule has 1 N–H and O–H groups in total. The first kappa shape index (κ1) is 18.2. The molecule has 0 unspecified atom stereocenters. The summed E-state index contributed by atoms with van der Waals surface area (Å²) in [6.45, 7) is 5.01. The minimum atomic E-state index is -0.457. The molecule has 1 aromatic heterocycles. The molecule has 0 radical (unpaired) electrons. The minimum Gasteiger partial charge on any atom is -0.481 e. The maximum absolute atomic E-state index is 13.5. The predicted octanol–water partition coefficient (Wildman–Crippen LogP) is 2.40. The molecule has 1 saturated heterocycles. The number of oxazole rings is 1. The first-order chi connectivity index (χ1) is 12.8. The van der Waals surface area contributed by atoms with Gasteiger partial charge in [-0.3, -0.25) is 4.90 Å². The second kappa shape index (κ2) is 9.17. The van der Waals surface area contributed by atoms with Gasteiger partial charge in [0.15, 0.2) is 18.2 Å². The van der Waals surface area contributed by atoms with E-state index in [0.717, 1.165) is 39.3 Å². The quantitative estimate of drug-likeness (QED) is 0.724. The van der Waals surface area contributed by atoms with Crippen LogP contribution >= 0.6 is 0 Å². The Hall–Kier alpha value is -2.63. The normalized spacial score (nSPS) is 14.8. The summed E-state index contributed by atoms with van der Waals surface area (Å²) in [7, 11) is 0. The largest absolute Gasteiger partial charge is 0.481 e. The molecule has 26 heavy (non-hydrogen) atoms. The molecule has 0 bridgehead atoms. The van der Waals surface area contributed by atoms with E-state index in [1.54, 1.807) is 12.1 Å². The van der Waals surface area contributed by atoms with Crippen LogP contribution in [0, 0.1) is 17.1 Å². The van der Waals surface area contributed by atoms with Gasteiger partial charge >= 0.3 is 0 Å². The van der Waals surface area contributed by atoms with Crippen LogP contribution in [0.15, 0.2) is 28.7 Å². The number of aromatic nitrogens is 1. The molecular weight excluding hydrogens is 339 g/mol. The van der Waals surface area contributed by atoms with E-state index in [9.17, 15) is 9.65 Å². The summed E-state index contributed by atoms with van der Waals surface area (Å²) in [5.41, 5.74) is 0.170. The van der Waals surface area contributed by atoms with Crippen molar-refractivity contribution in [2.24, 2.45) is 0 Å². The van der Waals surface area contributed by atoms with E-state index in [4.69, 9.17) is 13.9 Å². The van der Waals surface area contributed by atoms with Crippen molar-refractivity contribution in [2.45, 2.75) is 13.0 Å². The van der Waals surface area contributed by atoms with Crippen LogP contribution in [0.5, 0.6) is 5.75 Å². The molecule has 0 aliphatic carbocycles. The summed E-state index contributed by atoms with van der Waals surface area (Å²) < 4.78 is 29.8. The van der Waals surface area contributed by atoms with Crippen LogP contribution in [0.4, 0.5) is 10.3 Å². The van der Waals surface area contributed by atoms with Gasteiger partial charge in [0.1, 0.15) is 6.07 Å². The molecule has 1 aliphatic heterocycles. The maximum atomic E-state index is 13.5. The zero-order valence-electron chi connectivity index (χ0n) is 14.4. The van der Waals surface area contributed by atoms with Gasteiger partial charge in [0.05, 0.1) is 13.2 Å². The van der Waals surface area contributed by atoms with Crippen molar-refractivity contribution in [2.75, 3.05) is 44.7 Å². The van der Waals surface area contributed by atoms with Crippen LogP contribution < -0.4 is 10.1 Å². The summed E-state index contributed by atoms with van der Waals surface area (Å²) in [5, 5.41) is 12.3. The molecule has 1 fully saturated rings. The molecule has 1 aliphatic rings. The van der Waals surface area contributed by atoms with Crippen LogP contribution in [0.3, 0.4) is 0 Å². The van der Waals surface area contributed by atoms with Gasteiger partial charge in [0.2, 0.25) is 17.5 Å². The van der Waals surface area contributed by atoms with Crippen molar-refractivity contribution in [3.05, 3.63) is 41.7 Å². The number of morpholine rings is 1. The molecule has 7 nitrogen and oxygen atoms in total. The molecule has 2 heterocycles. The number of nitrogens with zero attached hydrogens (tertiary/aromatic N) is 3. The molecule has 8 heteroatoms. The van der Waals surface area contributed by atoms with E-state index in [2.05, 4.69) is 15.2 Å². The Morgan fingerprint density at radius 1 is 1.31 bits per heavy atom. The van der Waals surface area contributed by atoms with Gasteiger partial charge in [0, 0.05) is 19.6 Å². The molecule has 2 aromatic rings. The molecule has 1 aromatic carbocycles. The Morgan fingerprint density at radius 3 is 2.88 bits per heavy atom. The molecular formula is C18H21FN4O3. The fourth-order valence-corrected chi connectivity index (χ4v) is 2.65. The Morgan fingerprint density at radius 2 is 2.12 bits per heavy atom. The van der Waals surface area contributed by atoms with Gasteiger partial charge in [-0.1, -0.05) is 12.1 Å². The van der Waals surface area contributed by atoms with Gasteiger partial charge in [-0.15, -0.1) is 0 Å². The highest BCUT2D eigenvalue weighted by molar-refractivity contribution is 5.45. The van der Waals surface area contributed by atoms with Crippen LogP contribution in [0.25, 0.3) is 0 Å². The van der Waals surface area contributed by atoms with Crippen LogP contribution in [0.1, 0.15) is 18.0 Å². The molecule has 138 valence electrons. The Labute approximate surface area is 151 Å². The second-order valence-electron chi connectivity index (χ2n) is 5.85. The van der Waals surface area contributed by atoms with Crippen LogP contribution in [-0.4, -0.2) is 49.3 Å². The van der Waals surface area contributed by atoms with E-state index < -0.39 is 5.82 Å². The highest BCUT2D eigenvalue weighted by Crippen LogP contribution is 2.20. The number of hydrogen-bond donors (Lipinski definition) is 1. The van der Waals surface area contributed by atoms with E-state index in [1.165, 1.54) is 12.1 Å². The van der Waals surface area contributed by atoms with Crippen molar-refractivity contribution in [1.82, 2.24) is 9.88 Å². The van der Waals surface area contributed by atoms with Gasteiger partial charge in [-0.2, -0.15) is 10.2 Å². The monoisotopic (exact) mass is 360 g/mol. The van der Waals surface area contributed by atoms with E-state index in [-0.39, 0.29) is 23.9 Å². The fourth-order valence-electron chi connectivity index (χ4n) is 2.65. The Balaban J connectivity index is 1.48. The zero-order chi connectivity index (χ0) is 18.2. The third kappa shape index (κ3) is 4.94. The lowest BCUT2D eigenvalue weighted by Gasteiger charge is -2.26. The third-order valence-corrected chi connectivity index (χ3v) is 4.01. The number of ether oxygens (including phenoxy) is 2. The average Bonchev–Trinajstić information content (AvgIpc) is 3.07. The predicted molar refractivity (Wildman–Crippen MR) is 92.3 cm³/mol. The van der Waals surface area contributed by atoms with E-state index in [0.29, 0.717) is 12.4 Å². The summed E-state index contributed by atoms with van der Waals surface area (Å²) in [5.74, 6) is 0.201. The number of hydrogen-bond acceptors (Lipinski definition) is 7. The van der Waals surface area contributed by atoms with Crippen LogP contribution in [0.2, 0.25) is 0 Å². The van der Waals surface area contributed by atoms with Crippen molar-refractivity contribution in [3.8, 4) is 11.8 Å². The standard InChI is InChI=1S/C18H21FN4O3/c19-14-4-1-2-5-16(14)25-13-17-22-15(12-20)18(26-17)21-6-3-7-23-8-10-24-11-9-23/h1-2,4-5,21H,3,6-11,13H2. The average molecular weight is 360 g/mol. The van der Waals surface area contributed by atoms with Crippen LogP contribution in [-0.2, 0) is 11.3 Å². The van der Waals surface area contributed by atoms with Crippen molar-refractivity contribution in [1.29, 1.82) is 5.26 Å². The molecule has 0 spiro atoms. The Kier molecular flexibility index (Phi) is 6.41. The summed E-state index contributed by atoms with van der Waals surface area (Å²) in [4.78, 5) is 6.42. The number of nitrogens with one attached hydrogen (secondary N) is 1. The number of para-hydroxylation sites is 1. The highest BCUT2D eigenvalue weighted by Gasteiger charge is 2.14. The number of anilines is 1. The number of halogens is 1. The Bertz CT molecular complexity index is 753. The second-order valence-corrected chi connectivity index (χ2v) is 5.85. The lowest BCUT2D eigenvalue weighted by Crippen LogP contribution is -2.37. The smallest absolute Gasteiger partial charge is 0.236 e. The lowest BCUT2D eigenvalue weighted by molar-refractivity contribution is 0.0378. The highest BCUT2D eigenvalue weighted by atomic mass is 19.1. The molecule has 3 rings (SSSR count). The fraction of sp³-hybridized carbons (Fsp3) is 0.444. The van der Waals surface area contributed by atoms with Gasteiger partial charge < -0.3 is 19.2 Å². The van der Waals surface area contributed by atoms with Crippen molar-refractivity contribution < 1.29 is 18.3 Å². The first-order valence-corrected chi connectivity index (χ1v) is 8.57. The van der Waals surface area contributed by atoms with Gasteiger partial charge in [-0.05, 0) is 25.1 Å². The summed E-state index contributed by atoms with van der Waals surface area (Å²) >= 11 is 0.